The van der Waals surface area contributed by atoms with Gasteiger partial charge < -0.3 is 29.3 Å². The molecular weight excluding hydrogens is 646 g/mol. The zero-order valence-corrected chi connectivity index (χ0v) is 26.1. The van der Waals surface area contributed by atoms with Crippen LogP contribution in [-0.2, 0) is 11.3 Å². The number of morpholine rings is 1. The summed E-state index contributed by atoms with van der Waals surface area (Å²) >= 11 is 13.1. The van der Waals surface area contributed by atoms with Crippen molar-refractivity contribution < 1.29 is 37.3 Å². The highest BCUT2D eigenvalue weighted by atomic mass is 35.5. The largest absolute Gasteiger partial charge is 0.478 e. The molecule has 2 unspecified atom stereocenters. The summed E-state index contributed by atoms with van der Waals surface area (Å²) < 4.78 is 54.7. The molecule has 1 N–H and O–H groups in total. The normalized spacial score (nSPS) is 22.0. The molecule has 1 amide bonds. The van der Waals surface area contributed by atoms with Crippen molar-refractivity contribution in [2.75, 3.05) is 42.8 Å². The molecule has 0 aromatic heterocycles. The summed E-state index contributed by atoms with van der Waals surface area (Å²) in [5.74, 6) is -4.71. The van der Waals surface area contributed by atoms with Gasteiger partial charge in [-0.25, -0.2) is 18.0 Å². The summed E-state index contributed by atoms with van der Waals surface area (Å²) in [6.45, 7) is 1.18. The zero-order valence-electron chi connectivity index (χ0n) is 24.6. The number of amides is 1. The molecule has 2 atom stereocenters. The van der Waals surface area contributed by atoms with E-state index in [-0.39, 0.29) is 78.0 Å². The monoisotopic (exact) mass is 675 g/mol. The Morgan fingerprint density at radius 2 is 1.63 bits per heavy atom. The van der Waals surface area contributed by atoms with E-state index >= 15 is 4.39 Å². The third kappa shape index (κ3) is 5.52. The number of nitrogens with zero attached hydrogens (tertiary/aromatic N) is 3. The maximum Gasteiger partial charge on any atom is 0.337 e. The number of hydrogen-bond donors (Lipinski definition) is 1. The number of alkyl halides is 2. The Morgan fingerprint density at radius 1 is 0.957 bits per heavy atom. The predicted molar refractivity (Wildman–Crippen MR) is 167 cm³/mol. The first-order chi connectivity index (χ1) is 22.0. The third-order valence-electron chi connectivity index (χ3n) is 9.34. The number of hydrogen-bond acceptors (Lipinski definition) is 6. The van der Waals surface area contributed by atoms with Gasteiger partial charge in [0.25, 0.3) is 11.8 Å². The molecule has 0 saturated carbocycles. The average Bonchev–Trinajstić information content (AvgIpc) is 3.26. The Bertz CT molecular complexity index is 1690. The highest BCUT2D eigenvalue weighted by molar-refractivity contribution is 6.40. The first-order valence-corrected chi connectivity index (χ1v) is 15.9. The molecule has 13 heteroatoms. The fourth-order valence-corrected chi connectivity index (χ4v) is 7.63. The van der Waals surface area contributed by atoms with Gasteiger partial charge in [0.15, 0.2) is 6.73 Å². The SMILES string of the molecule is O=C(O)c1cc(F)c(-c2cccc3c2OCN(C(=O)c2c(Cl)cc(N4CCC(F)(F)CC4)cc2Cl)C3)cc1N1C2CCC1COC2. The maximum absolute atomic E-state index is 15.6. The van der Waals surface area contributed by atoms with Gasteiger partial charge in [-0.15, -0.1) is 0 Å². The van der Waals surface area contributed by atoms with Crippen molar-refractivity contribution in [3.8, 4) is 16.9 Å². The summed E-state index contributed by atoms with van der Waals surface area (Å²) in [5.41, 5.74) is 2.21. The second-order valence-corrected chi connectivity index (χ2v) is 13.0. The molecule has 8 nitrogen and oxygen atoms in total. The van der Waals surface area contributed by atoms with Gasteiger partial charge in [0, 0.05) is 48.3 Å². The van der Waals surface area contributed by atoms with E-state index in [0.717, 1.165) is 18.9 Å². The zero-order chi connectivity index (χ0) is 32.3. The van der Waals surface area contributed by atoms with E-state index in [1.807, 2.05) is 4.90 Å². The predicted octanol–water partition coefficient (Wildman–Crippen LogP) is 7.09. The van der Waals surface area contributed by atoms with Crippen LogP contribution in [0.4, 0.5) is 24.5 Å². The van der Waals surface area contributed by atoms with Crippen LogP contribution in [0.3, 0.4) is 0 Å². The van der Waals surface area contributed by atoms with Crippen molar-refractivity contribution in [2.45, 2.75) is 50.2 Å². The van der Waals surface area contributed by atoms with Gasteiger partial charge in [0.1, 0.15) is 11.6 Å². The van der Waals surface area contributed by atoms with E-state index in [1.165, 1.54) is 4.90 Å². The van der Waals surface area contributed by atoms with E-state index in [2.05, 4.69) is 0 Å². The Kier molecular flexibility index (Phi) is 7.97. The Labute approximate surface area is 273 Å². The van der Waals surface area contributed by atoms with Crippen molar-refractivity contribution in [1.29, 1.82) is 0 Å². The van der Waals surface area contributed by atoms with Gasteiger partial charge in [-0.2, -0.15) is 0 Å². The standard InChI is InChI=1S/C33H30Cl2F3N3O5/c34-25-10-21(39-8-6-33(37,38)7-9-39)11-26(35)29(25)31(42)40-14-18-2-1-3-22(30(18)46-17-40)23-13-28(24(32(43)44)12-27(23)36)41-19-4-5-20(41)16-45-15-19/h1-3,10-13,19-20H,4-9,14-17H2,(H,43,44). The first kappa shape index (κ1) is 31.0. The smallest absolute Gasteiger partial charge is 0.337 e. The minimum Gasteiger partial charge on any atom is -0.478 e. The molecular formula is C33H30Cl2F3N3O5. The van der Waals surface area contributed by atoms with Crippen LogP contribution < -0.4 is 14.5 Å². The summed E-state index contributed by atoms with van der Waals surface area (Å²) in [6, 6.07) is 11.0. The van der Waals surface area contributed by atoms with Crippen LogP contribution in [0.25, 0.3) is 11.1 Å². The lowest BCUT2D eigenvalue weighted by Crippen LogP contribution is -2.46. The molecule has 3 fully saturated rings. The van der Waals surface area contributed by atoms with Crippen molar-refractivity contribution in [2.24, 2.45) is 0 Å². The number of carbonyl (C=O) groups excluding carboxylic acids is 1. The molecule has 0 aliphatic carbocycles. The molecule has 0 radical (unpaired) electrons. The number of fused-ring (bicyclic) bond motifs is 3. The number of rotatable bonds is 5. The number of carboxylic acid groups (broad SMARTS) is 1. The van der Waals surface area contributed by atoms with Gasteiger partial charge in [-0.05, 0) is 37.1 Å². The van der Waals surface area contributed by atoms with Crippen LogP contribution in [0, 0.1) is 5.82 Å². The van der Waals surface area contributed by atoms with Crippen LogP contribution in [0.2, 0.25) is 10.0 Å². The number of anilines is 2. The Morgan fingerprint density at radius 3 is 2.28 bits per heavy atom. The number of para-hydroxylation sites is 1. The van der Waals surface area contributed by atoms with Gasteiger partial charge in [0.2, 0.25) is 0 Å². The van der Waals surface area contributed by atoms with Crippen LogP contribution >= 0.6 is 23.2 Å². The van der Waals surface area contributed by atoms with Crippen LogP contribution in [-0.4, -0.2) is 72.9 Å². The molecule has 4 aliphatic heterocycles. The quantitative estimate of drug-likeness (QED) is 0.309. The van der Waals surface area contributed by atoms with Gasteiger partial charge in [-0.1, -0.05) is 41.4 Å². The minimum atomic E-state index is -2.71. The molecule has 3 aromatic carbocycles. The van der Waals surface area contributed by atoms with E-state index in [4.69, 9.17) is 32.7 Å². The van der Waals surface area contributed by atoms with Crippen molar-refractivity contribution in [3.63, 3.8) is 0 Å². The molecule has 0 spiro atoms. The van der Waals surface area contributed by atoms with E-state index in [9.17, 15) is 23.5 Å². The Hall–Kier alpha value is -3.67. The molecule has 3 aromatic rings. The highest BCUT2D eigenvalue weighted by Gasteiger charge is 2.40. The lowest BCUT2D eigenvalue weighted by Gasteiger charge is -2.37. The van der Waals surface area contributed by atoms with Crippen molar-refractivity contribution in [3.05, 3.63) is 75.0 Å². The van der Waals surface area contributed by atoms with Crippen LogP contribution in [0.15, 0.2) is 42.5 Å². The minimum absolute atomic E-state index is 0.00739. The van der Waals surface area contributed by atoms with E-state index < -0.39 is 23.6 Å². The highest BCUT2D eigenvalue weighted by Crippen LogP contribution is 2.43. The molecule has 3 saturated heterocycles. The summed E-state index contributed by atoms with van der Waals surface area (Å²) in [6.07, 6.45) is 1.16. The first-order valence-electron chi connectivity index (χ1n) is 15.1. The Balaban J connectivity index is 1.16. The molecule has 2 bridgehead atoms. The summed E-state index contributed by atoms with van der Waals surface area (Å²) in [4.78, 5) is 31.1. The number of halogens is 5. The maximum atomic E-state index is 15.6. The van der Waals surface area contributed by atoms with Gasteiger partial charge in [0.05, 0.1) is 58.7 Å². The topological polar surface area (TPSA) is 82.5 Å². The molecule has 4 aliphatic rings. The molecule has 46 heavy (non-hydrogen) atoms. The lowest BCUT2D eigenvalue weighted by atomic mass is 9.96. The number of aromatic carboxylic acids is 1. The number of benzene rings is 3. The summed E-state index contributed by atoms with van der Waals surface area (Å²) in [7, 11) is 0. The third-order valence-corrected chi connectivity index (χ3v) is 9.93. The van der Waals surface area contributed by atoms with E-state index in [0.29, 0.717) is 41.5 Å². The van der Waals surface area contributed by atoms with Gasteiger partial charge >= 0.3 is 5.97 Å². The lowest BCUT2D eigenvalue weighted by molar-refractivity contribution is -0.0220. The molecule has 7 rings (SSSR count). The second-order valence-electron chi connectivity index (χ2n) is 12.2. The van der Waals surface area contributed by atoms with E-state index in [1.54, 1.807) is 41.3 Å². The number of piperidine rings is 1. The number of carbonyl (C=O) groups is 2. The van der Waals surface area contributed by atoms with Gasteiger partial charge in [-0.3, -0.25) is 4.79 Å². The fourth-order valence-electron chi connectivity index (χ4n) is 6.99. The number of carboxylic acids is 1. The molecule has 4 heterocycles. The summed E-state index contributed by atoms with van der Waals surface area (Å²) in [5, 5.41) is 10.1. The molecule has 242 valence electrons. The van der Waals surface area contributed by atoms with Crippen molar-refractivity contribution in [1.82, 2.24) is 4.90 Å². The van der Waals surface area contributed by atoms with Crippen LogP contribution in [0.5, 0.6) is 5.75 Å². The van der Waals surface area contributed by atoms with Crippen LogP contribution in [0.1, 0.15) is 52.0 Å². The second kappa shape index (κ2) is 11.8. The number of ether oxygens (including phenoxy) is 2. The average molecular weight is 677 g/mol. The van der Waals surface area contributed by atoms with Crippen molar-refractivity contribution >= 4 is 46.5 Å². The fraction of sp³-hybridized carbons (Fsp3) is 0.394.